The maximum absolute atomic E-state index is 2.44. The van der Waals surface area contributed by atoms with Crippen LogP contribution in [-0.2, 0) is 12.5 Å². The molecule has 0 N–H and O–H groups in total. The van der Waals surface area contributed by atoms with Crippen molar-refractivity contribution in [2.24, 2.45) is 7.05 Å². The van der Waals surface area contributed by atoms with Crippen molar-refractivity contribution in [1.82, 2.24) is 0 Å². The van der Waals surface area contributed by atoms with Gasteiger partial charge in [-0.1, -0.05) is 0 Å². The van der Waals surface area contributed by atoms with Gasteiger partial charge in [-0.25, -0.2) is 0 Å². The van der Waals surface area contributed by atoms with Gasteiger partial charge in [0.1, 0.15) is 0 Å². The molecule has 0 amide bonds. The normalized spacial score (nSPS) is 12.5. The number of hydrogen-bond donors (Lipinski definition) is 0. The molecule has 0 aliphatic heterocycles. The molecule has 1 aromatic heterocycles. The molecule has 118 valence electrons. The van der Waals surface area contributed by atoms with Gasteiger partial charge in [-0.15, -0.1) is 0 Å². The Morgan fingerprint density at radius 3 is 2.09 bits per heavy atom. The van der Waals surface area contributed by atoms with Crippen LogP contribution in [0.2, 0.25) is 17.3 Å². The molecular formula is C20H30GeN+. The SMILES string of the molecule is Cc1ccc(C(C)(C)C)cc1-c1cc[c]([Ge]([CH3])([CH3])[CH3])c[n+]1C. The number of nitrogens with zero attached hydrogens (tertiary/aromatic N) is 1. The summed E-state index contributed by atoms with van der Waals surface area (Å²) in [7, 11) is 2.18. The van der Waals surface area contributed by atoms with Crippen molar-refractivity contribution in [3.05, 3.63) is 47.7 Å². The molecule has 0 saturated carbocycles. The van der Waals surface area contributed by atoms with Crippen molar-refractivity contribution in [2.75, 3.05) is 0 Å². The monoisotopic (exact) mass is 358 g/mol. The average Bonchev–Trinajstić information content (AvgIpc) is 2.37. The fraction of sp³-hybridized carbons (Fsp3) is 0.450. The predicted molar refractivity (Wildman–Crippen MR) is 99.5 cm³/mol. The molecule has 1 heterocycles. The van der Waals surface area contributed by atoms with E-state index in [9.17, 15) is 0 Å². The summed E-state index contributed by atoms with van der Waals surface area (Å²) in [5, 5.41) is 0. The molecule has 0 atom stereocenters. The minimum atomic E-state index is -1.77. The summed E-state index contributed by atoms with van der Waals surface area (Å²) in [6.45, 7) is 9.03. The second kappa shape index (κ2) is 5.84. The van der Waals surface area contributed by atoms with Gasteiger partial charge >= 0.3 is 139 Å². The van der Waals surface area contributed by atoms with Gasteiger partial charge < -0.3 is 0 Å². The molecule has 2 heteroatoms. The van der Waals surface area contributed by atoms with Crippen LogP contribution in [0, 0.1) is 6.92 Å². The number of rotatable bonds is 2. The second-order valence-electron chi connectivity index (χ2n) is 8.44. The van der Waals surface area contributed by atoms with E-state index in [1.165, 1.54) is 22.4 Å². The number of aryl methyl sites for hydroxylation is 2. The fourth-order valence-corrected chi connectivity index (χ4v) is 5.14. The Morgan fingerprint density at radius 1 is 0.955 bits per heavy atom. The van der Waals surface area contributed by atoms with Crippen molar-refractivity contribution < 1.29 is 4.57 Å². The van der Waals surface area contributed by atoms with Crippen LogP contribution in [-0.4, -0.2) is 13.3 Å². The first kappa shape index (κ1) is 17.3. The molecule has 2 rings (SSSR count). The van der Waals surface area contributed by atoms with Gasteiger partial charge in [-0.2, -0.15) is 0 Å². The number of hydrogen-bond acceptors (Lipinski definition) is 0. The van der Waals surface area contributed by atoms with E-state index in [1.54, 1.807) is 4.40 Å². The summed E-state index contributed by atoms with van der Waals surface area (Å²) in [6, 6.07) is 11.5. The van der Waals surface area contributed by atoms with Crippen molar-refractivity contribution in [2.45, 2.75) is 50.4 Å². The van der Waals surface area contributed by atoms with Gasteiger partial charge in [0, 0.05) is 0 Å². The van der Waals surface area contributed by atoms with E-state index in [1.807, 2.05) is 0 Å². The molecule has 0 radical (unpaired) electrons. The van der Waals surface area contributed by atoms with Crippen LogP contribution in [0.1, 0.15) is 31.9 Å². The van der Waals surface area contributed by atoms with Gasteiger partial charge in [0.15, 0.2) is 0 Å². The van der Waals surface area contributed by atoms with E-state index in [0.717, 1.165) is 0 Å². The zero-order valence-electron chi connectivity index (χ0n) is 15.4. The zero-order valence-corrected chi connectivity index (χ0v) is 17.5. The topological polar surface area (TPSA) is 3.88 Å². The van der Waals surface area contributed by atoms with Crippen LogP contribution in [0.25, 0.3) is 11.3 Å². The second-order valence-corrected chi connectivity index (χ2v) is 19.1. The van der Waals surface area contributed by atoms with Gasteiger partial charge in [-0.05, 0) is 0 Å². The molecule has 0 aliphatic carbocycles. The third-order valence-corrected chi connectivity index (χ3v) is 8.63. The Hall–Kier alpha value is -1.09. The first-order chi connectivity index (χ1) is 10.00. The molecule has 22 heavy (non-hydrogen) atoms. The standard InChI is InChI=1S/C20H30GeN/c1-15-9-10-16(20(2,3)4)13-18(15)19-12-11-17(14-22(19)8)21(5,6)7/h9-14H,1-8H3/q+1. The predicted octanol–water partition coefficient (Wildman–Crippen LogP) is 4.33. The Balaban J connectivity index is 2.57. The van der Waals surface area contributed by atoms with Gasteiger partial charge in [0.25, 0.3) is 0 Å². The third-order valence-electron chi connectivity index (χ3n) is 4.38. The van der Waals surface area contributed by atoms with E-state index in [2.05, 4.69) is 93.1 Å². The van der Waals surface area contributed by atoms with E-state index < -0.39 is 13.3 Å². The van der Waals surface area contributed by atoms with E-state index in [4.69, 9.17) is 0 Å². The molecule has 0 fully saturated rings. The Bertz CT molecular complexity index is 688. The molecular weight excluding hydrogens is 327 g/mol. The van der Waals surface area contributed by atoms with Crippen LogP contribution >= 0.6 is 0 Å². The van der Waals surface area contributed by atoms with Crippen molar-refractivity contribution >= 4 is 17.7 Å². The summed E-state index contributed by atoms with van der Waals surface area (Å²) in [6.07, 6.45) is 2.35. The maximum atomic E-state index is 2.44. The van der Waals surface area contributed by atoms with Gasteiger partial charge in [0.2, 0.25) is 0 Å². The van der Waals surface area contributed by atoms with E-state index >= 15 is 0 Å². The summed E-state index contributed by atoms with van der Waals surface area (Å²) in [4.78, 5) is 0. The Labute approximate surface area is 138 Å². The third kappa shape index (κ3) is 3.63. The Morgan fingerprint density at radius 2 is 1.59 bits per heavy atom. The Kier molecular flexibility index (Phi) is 4.59. The van der Waals surface area contributed by atoms with Crippen LogP contribution in [0.15, 0.2) is 36.5 Å². The first-order valence-corrected chi connectivity index (χ1v) is 15.5. The summed E-state index contributed by atoms with van der Waals surface area (Å²) < 4.78 is 3.86. The van der Waals surface area contributed by atoms with Crippen LogP contribution in [0.3, 0.4) is 0 Å². The summed E-state index contributed by atoms with van der Waals surface area (Å²) in [5.74, 6) is 7.33. The number of benzene rings is 1. The minimum absolute atomic E-state index is 0.182. The molecule has 2 aromatic rings. The van der Waals surface area contributed by atoms with Gasteiger partial charge in [0.05, 0.1) is 0 Å². The molecule has 0 bridgehead atoms. The molecule has 1 nitrogen and oxygen atoms in total. The van der Waals surface area contributed by atoms with Crippen LogP contribution in [0.5, 0.6) is 0 Å². The summed E-state index contributed by atoms with van der Waals surface area (Å²) in [5.41, 5.74) is 5.57. The fourth-order valence-electron chi connectivity index (χ4n) is 2.70. The molecule has 0 saturated heterocycles. The van der Waals surface area contributed by atoms with Crippen molar-refractivity contribution in [3.8, 4) is 11.3 Å². The molecule has 0 aliphatic rings. The molecule has 0 spiro atoms. The van der Waals surface area contributed by atoms with Crippen LogP contribution in [0.4, 0.5) is 0 Å². The van der Waals surface area contributed by atoms with E-state index in [-0.39, 0.29) is 5.41 Å². The van der Waals surface area contributed by atoms with Crippen molar-refractivity contribution in [1.29, 1.82) is 0 Å². The van der Waals surface area contributed by atoms with Crippen LogP contribution < -0.4 is 8.96 Å². The number of aromatic nitrogens is 1. The van der Waals surface area contributed by atoms with Gasteiger partial charge in [-0.3, -0.25) is 0 Å². The first-order valence-electron chi connectivity index (χ1n) is 8.12. The van der Waals surface area contributed by atoms with E-state index in [0.29, 0.717) is 0 Å². The molecule has 1 aromatic carbocycles. The molecule has 0 unspecified atom stereocenters. The quantitative estimate of drug-likeness (QED) is 0.557. The zero-order chi connectivity index (χ0) is 16.7. The number of pyridine rings is 1. The van der Waals surface area contributed by atoms with Crippen molar-refractivity contribution in [3.63, 3.8) is 0 Å². The summed E-state index contributed by atoms with van der Waals surface area (Å²) >= 11 is -1.77. The average molecular weight is 357 g/mol.